The van der Waals surface area contributed by atoms with Crippen LogP contribution >= 0.6 is 0 Å². The van der Waals surface area contributed by atoms with Crippen LogP contribution in [0, 0.1) is 5.41 Å². The van der Waals surface area contributed by atoms with Gasteiger partial charge in [0.05, 0.1) is 0 Å². The molecule has 1 aromatic rings. The highest BCUT2D eigenvalue weighted by Gasteiger charge is 1.81. The fraction of sp³-hybridized carbons (Fsp3) is 0.462. The third kappa shape index (κ3) is 15.4. The van der Waals surface area contributed by atoms with E-state index in [1.54, 1.807) is 13.8 Å². The standard InChI is InChI=1S/C8H11N.C3H7N.C2H6/c1-2-9-8-6-4-3-5-7-8;1-3(2)4;1-2/h3-7,9H,2H2,1H3;4H,1-2H3;1-2H3. The molecule has 0 aliphatic heterocycles. The first-order valence-electron chi connectivity index (χ1n) is 5.47. The van der Waals surface area contributed by atoms with Crippen LogP contribution in [0.15, 0.2) is 30.3 Å². The third-order valence-electron chi connectivity index (χ3n) is 1.15. The highest BCUT2D eigenvalue weighted by atomic mass is 14.8. The van der Waals surface area contributed by atoms with Crippen LogP contribution in [0.4, 0.5) is 5.69 Å². The van der Waals surface area contributed by atoms with Crippen LogP contribution in [0.25, 0.3) is 0 Å². The molecule has 0 heterocycles. The molecule has 15 heavy (non-hydrogen) atoms. The maximum Gasteiger partial charge on any atom is 0.0340 e. The molecule has 2 nitrogen and oxygen atoms in total. The van der Waals surface area contributed by atoms with Gasteiger partial charge in [0.2, 0.25) is 0 Å². The van der Waals surface area contributed by atoms with Crippen LogP contribution in [0.2, 0.25) is 0 Å². The summed E-state index contributed by atoms with van der Waals surface area (Å²) in [5, 5.41) is 9.71. The first-order valence-corrected chi connectivity index (χ1v) is 5.47. The molecule has 2 heteroatoms. The van der Waals surface area contributed by atoms with E-state index in [0.717, 1.165) is 6.54 Å². The van der Waals surface area contributed by atoms with Gasteiger partial charge in [-0.15, -0.1) is 0 Å². The van der Waals surface area contributed by atoms with Crippen LogP contribution in [0.3, 0.4) is 0 Å². The van der Waals surface area contributed by atoms with E-state index in [0.29, 0.717) is 5.71 Å². The molecule has 0 radical (unpaired) electrons. The second-order valence-corrected chi connectivity index (χ2v) is 2.90. The van der Waals surface area contributed by atoms with Gasteiger partial charge in [-0.2, -0.15) is 0 Å². The molecule has 86 valence electrons. The van der Waals surface area contributed by atoms with Gasteiger partial charge in [0.25, 0.3) is 0 Å². The molecular formula is C13H24N2. The Morgan fingerprint density at radius 2 is 1.53 bits per heavy atom. The quantitative estimate of drug-likeness (QED) is 0.702. The molecule has 0 aromatic heterocycles. The molecule has 0 atom stereocenters. The van der Waals surface area contributed by atoms with Crippen molar-refractivity contribution in [3.05, 3.63) is 30.3 Å². The van der Waals surface area contributed by atoms with E-state index >= 15 is 0 Å². The molecule has 1 rings (SSSR count). The van der Waals surface area contributed by atoms with Crippen LogP contribution in [-0.2, 0) is 0 Å². The van der Waals surface area contributed by atoms with Gasteiger partial charge in [-0.05, 0) is 32.9 Å². The summed E-state index contributed by atoms with van der Waals surface area (Å²) in [7, 11) is 0. The summed E-state index contributed by atoms with van der Waals surface area (Å²) in [5.74, 6) is 0. The highest BCUT2D eigenvalue weighted by Crippen LogP contribution is 2.02. The Balaban J connectivity index is 0. The molecule has 0 spiro atoms. The average molecular weight is 208 g/mol. The SMILES string of the molecule is CC.CC(C)=N.CCNc1ccccc1. The van der Waals surface area contributed by atoms with Gasteiger partial charge < -0.3 is 10.7 Å². The first kappa shape index (κ1) is 16.1. The predicted molar refractivity (Wildman–Crippen MR) is 71.0 cm³/mol. The maximum atomic E-state index is 6.50. The van der Waals surface area contributed by atoms with Crippen molar-refractivity contribution in [1.29, 1.82) is 5.41 Å². The van der Waals surface area contributed by atoms with Crippen molar-refractivity contribution in [2.24, 2.45) is 0 Å². The van der Waals surface area contributed by atoms with Crippen molar-refractivity contribution in [2.45, 2.75) is 34.6 Å². The number of nitrogens with one attached hydrogen (secondary N) is 2. The van der Waals surface area contributed by atoms with Gasteiger partial charge in [0.1, 0.15) is 0 Å². The summed E-state index contributed by atoms with van der Waals surface area (Å²) in [4.78, 5) is 0. The Bertz CT molecular complexity index is 226. The molecule has 0 bridgehead atoms. The predicted octanol–water partition coefficient (Wildman–Crippen LogP) is 4.19. The first-order chi connectivity index (χ1) is 7.16. The molecule has 0 unspecified atom stereocenters. The van der Waals surface area contributed by atoms with Crippen LogP contribution in [0.1, 0.15) is 34.6 Å². The molecular weight excluding hydrogens is 184 g/mol. The number of hydrogen-bond acceptors (Lipinski definition) is 2. The average Bonchev–Trinajstić information content (AvgIpc) is 2.22. The summed E-state index contributed by atoms with van der Waals surface area (Å²) in [6.07, 6.45) is 0. The topological polar surface area (TPSA) is 35.9 Å². The minimum Gasteiger partial charge on any atom is -0.385 e. The van der Waals surface area contributed by atoms with E-state index in [1.807, 2.05) is 32.0 Å². The summed E-state index contributed by atoms with van der Waals surface area (Å²) in [6, 6.07) is 10.2. The van der Waals surface area contributed by atoms with E-state index in [2.05, 4.69) is 24.4 Å². The minimum atomic E-state index is 0.667. The third-order valence-corrected chi connectivity index (χ3v) is 1.15. The number of hydrogen-bond donors (Lipinski definition) is 2. The largest absolute Gasteiger partial charge is 0.385 e. The monoisotopic (exact) mass is 208 g/mol. The molecule has 2 N–H and O–H groups in total. The highest BCUT2D eigenvalue weighted by molar-refractivity contribution is 5.75. The van der Waals surface area contributed by atoms with Crippen LogP contribution in [-0.4, -0.2) is 12.3 Å². The lowest BCUT2D eigenvalue weighted by atomic mass is 10.3. The van der Waals surface area contributed by atoms with Gasteiger partial charge in [0.15, 0.2) is 0 Å². The smallest absolute Gasteiger partial charge is 0.0340 e. The van der Waals surface area contributed by atoms with E-state index < -0.39 is 0 Å². The fourth-order valence-corrected chi connectivity index (χ4v) is 0.760. The van der Waals surface area contributed by atoms with Crippen molar-refractivity contribution < 1.29 is 0 Å². The second-order valence-electron chi connectivity index (χ2n) is 2.90. The van der Waals surface area contributed by atoms with Crippen molar-refractivity contribution in [2.75, 3.05) is 11.9 Å². The van der Waals surface area contributed by atoms with Crippen LogP contribution < -0.4 is 5.32 Å². The lowest BCUT2D eigenvalue weighted by Crippen LogP contribution is -1.94. The second kappa shape index (κ2) is 12.7. The minimum absolute atomic E-state index is 0.667. The summed E-state index contributed by atoms with van der Waals surface area (Å²) >= 11 is 0. The fourth-order valence-electron chi connectivity index (χ4n) is 0.760. The van der Waals surface area contributed by atoms with Crippen molar-refractivity contribution in [1.82, 2.24) is 0 Å². The molecule has 0 saturated heterocycles. The zero-order valence-electron chi connectivity index (χ0n) is 10.6. The molecule has 0 saturated carbocycles. The normalized spacial score (nSPS) is 7.53. The Hall–Kier alpha value is -1.31. The van der Waals surface area contributed by atoms with Gasteiger partial charge >= 0.3 is 0 Å². The summed E-state index contributed by atoms with van der Waals surface area (Å²) in [6.45, 7) is 10.6. The van der Waals surface area contributed by atoms with Gasteiger partial charge in [0, 0.05) is 17.9 Å². The van der Waals surface area contributed by atoms with E-state index in [-0.39, 0.29) is 0 Å². The number of para-hydroxylation sites is 1. The lowest BCUT2D eigenvalue weighted by Gasteiger charge is -1.99. The molecule has 0 aliphatic rings. The van der Waals surface area contributed by atoms with Gasteiger partial charge in [-0.25, -0.2) is 0 Å². The van der Waals surface area contributed by atoms with Crippen molar-refractivity contribution in [3.63, 3.8) is 0 Å². The zero-order chi connectivity index (χ0) is 12.1. The number of benzene rings is 1. The van der Waals surface area contributed by atoms with Gasteiger partial charge in [-0.1, -0.05) is 32.0 Å². The van der Waals surface area contributed by atoms with Crippen molar-refractivity contribution >= 4 is 11.4 Å². The number of rotatable bonds is 2. The maximum absolute atomic E-state index is 6.50. The Morgan fingerprint density at radius 3 is 1.87 bits per heavy atom. The Kier molecular flexibility index (Phi) is 13.6. The lowest BCUT2D eigenvalue weighted by molar-refractivity contribution is 1.21. The van der Waals surface area contributed by atoms with Gasteiger partial charge in [-0.3, -0.25) is 0 Å². The molecule has 0 aliphatic carbocycles. The summed E-state index contributed by atoms with van der Waals surface area (Å²) in [5.41, 5.74) is 1.86. The number of anilines is 1. The zero-order valence-corrected chi connectivity index (χ0v) is 10.6. The molecule has 0 amide bonds. The molecule has 1 aromatic carbocycles. The van der Waals surface area contributed by atoms with E-state index in [1.165, 1.54) is 5.69 Å². The van der Waals surface area contributed by atoms with E-state index in [4.69, 9.17) is 5.41 Å². The van der Waals surface area contributed by atoms with Crippen LogP contribution in [0.5, 0.6) is 0 Å². The Labute approximate surface area is 94.2 Å². The van der Waals surface area contributed by atoms with E-state index in [9.17, 15) is 0 Å². The van der Waals surface area contributed by atoms with Crippen molar-refractivity contribution in [3.8, 4) is 0 Å². The molecule has 0 fully saturated rings. The summed E-state index contributed by atoms with van der Waals surface area (Å²) < 4.78 is 0. The Morgan fingerprint density at radius 1 is 1.13 bits per heavy atom.